The normalized spacial score (nSPS) is 10.6. The third kappa shape index (κ3) is 2.39. The van der Waals surface area contributed by atoms with Gasteiger partial charge in [0.05, 0.1) is 0 Å². The highest BCUT2D eigenvalue weighted by Crippen LogP contribution is 2.11. The van der Waals surface area contributed by atoms with Gasteiger partial charge in [-0.05, 0) is 24.1 Å². The first-order valence-electron chi connectivity index (χ1n) is 5.50. The van der Waals surface area contributed by atoms with Crippen LogP contribution >= 0.6 is 0 Å². The van der Waals surface area contributed by atoms with Crippen molar-refractivity contribution in [3.63, 3.8) is 0 Å². The highest BCUT2D eigenvalue weighted by Gasteiger charge is 2.04. The lowest BCUT2D eigenvalue weighted by Gasteiger charge is -2.05. The van der Waals surface area contributed by atoms with Gasteiger partial charge >= 0.3 is 0 Å². The van der Waals surface area contributed by atoms with Crippen molar-refractivity contribution in [2.45, 2.75) is 26.3 Å². The Bertz CT molecular complexity index is 462. The second-order valence-electron chi connectivity index (χ2n) is 3.86. The Hall–Kier alpha value is -1.84. The van der Waals surface area contributed by atoms with E-state index in [1.54, 1.807) is 6.33 Å². The van der Waals surface area contributed by atoms with Gasteiger partial charge in [0.25, 0.3) is 0 Å². The molecule has 1 aromatic carbocycles. The molecule has 0 spiro atoms. The summed E-state index contributed by atoms with van der Waals surface area (Å²) in [6, 6.07) is 7.89. The SMILES string of the molecule is CCCn1cnnc1Cc1cccc(N)c1. The molecule has 1 aromatic heterocycles. The molecule has 0 aliphatic rings. The molecule has 0 aliphatic carbocycles. The minimum Gasteiger partial charge on any atom is -0.399 e. The monoisotopic (exact) mass is 216 g/mol. The lowest BCUT2D eigenvalue weighted by Crippen LogP contribution is -2.03. The van der Waals surface area contributed by atoms with Crippen molar-refractivity contribution in [2.75, 3.05) is 5.73 Å². The average molecular weight is 216 g/mol. The summed E-state index contributed by atoms with van der Waals surface area (Å²) in [5.41, 5.74) is 7.70. The Balaban J connectivity index is 2.17. The number of anilines is 1. The molecule has 2 rings (SSSR count). The van der Waals surface area contributed by atoms with E-state index in [-0.39, 0.29) is 0 Å². The van der Waals surface area contributed by atoms with Crippen LogP contribution < -0.4 is 5.73 Å². The minimum atomic E-state index is 0.783. The topological polar surface area (TPSA) is 56.7 Å². The Labute approximate surface area is 95.1 Å². The molecule has 0 saturated carbocycles. The van der Waals surface area contributed by atoms with E-state index in [1.807, 2.05) is 18.2 Å². The van der Waals surface area contributed by atoms with Gasteiger partial charge in [-0.15, -0.1) is 10.2 Å². The first-order valence-corrected chi connectivity index (χ1v) is 5.50. The van der Waals surface area contributed by atoms with Gasteiger partial charge in [0.15, 0.2) is 0 Å². The number of benzene rings is 1. The van der Waals surface area contributed by atoms with E-state index >= 15 is 0 Å². The van der Waals surface area contributed by atoms with Crippen molar-refractivity contribution in [1.29, 1.82) is 0 Å². The zero-order valence-corrected chi connectivity index (χ0v) is 9.43. The standard InChI is InChI=1S/C12H16N4/c1-2-6-16-9-14-15-12(16)8-10-4-3-5-11(13)7-10/h3-5,7,9H,2,6,8,13H2,1H3. The maximum absolute atomic E-state index is 5.74. The van der Waals surface area contributed by atoms with Crippen molar-refractivity contribution >= 4 is 5.69 Å². The van der Waals surface area contributed by atoms with E-state index in [0.29, 0.717) is 0 Å². The van der Waals surface area contributed by atoms with Gasteiger partial charge in [-0.3, -0.25) is 0 Å². The summed E-state index contributed by atoms with van der Waals surface area (Å²) in [5, 5.41) is 8.07. The molecule has 4 nitrogen and oxygen atoms in total. The summed E-state index contributed by atoms with van der Waals surface area (Å²) in [5.74, 6) is 0.993. The van der Waals surface area contributed by atoms with Gasteiger partial charge in [-0.2, -0.15) is 0 Å². The predicted molar refractivity (Wildman–Crippen MR) is 64.0 cm³/mol. The van der Waals surface area contributed by atoms with Gasteiger partial charge < -0.3 is 10.3 Å². The van der Waals surface area contributed by atoms with Crippen LogP contribution in [-0.2, 0) is 13.0 Å². The maximum Gasteiger partial charge on any atom is 0.137 e. The zero-order valence-electron chi connectivity index (χ0n) is 9.43. The highest BCUT2D eigenvalue weighted by atomic mass is 15.3. The van der Waals surface area contributed by atoms with Crippen molar-refractivity contribution < 1.29 is 0 Å². The van der Waals surface area contributed by atoms with Crippen LogP contribution in [0.5, 0.6) is 0 Å². The molecule has 84 valence electrons. The fourth-order valence-electron chi connectivity index (χ4n) is 1.73. The lowest BCUT2D eigenvalue weighted by molar-refractivity contribution is 0.646. The quantitative estimate of drug-likeness (QED) is 0.794. The lowest BCUT2D eigenvalue weighted by atomic mass is 10.1. The van der Waals surface area contributed by atoms with E-state index in [4.69, 9.17) is 5.73 Å². The zero-order chi connectivity index (χ0) is 11.4. The van der Waals surface area contributed by atoms with E-state index in [1.165, 1.54) is 5.56 Å². The summed E-state index contributed by atoms with van der Waals surface area (Å²) in [4.78, 5) is 0. The number of nitrogens with zero attached hydrogens (tertiary/aromatic N) is 3. The van der Waals surface area contributed by atoms with E-state index in [9.17, 15) is 0 Å². The maximum atomic E-state index is 5.74. The van der Waals surface area contributed by atoms with Crippen LogP contribution in [0.2, 0.25) is 0 Å². The third-order valence-corrected chi connectivity index (χ3v) is 2.47. The summed E-state index contributed by atoms with van der Waals surface area (Å²) in [7, 11) is 0. The van der Waals surface area contributed by atoms with Crippen LogP contribution in [0.25, 0.3) is 0 Å². The van der Waals surface area contributed by atoms with E-state index in [0.717, 1.165) is 30.9 Å². The molecule has 0 aliphatic heterocycles. The molecule has 0 atom stereocenters. The van der Waals surface area contributed by atoms with Crippen LogP contribution in [-0.4, -0.2) is 14.8 Å². The number of rotatable bonds is 4. The molecule has 0 radical (unpaired) electrons. The number of aromatic nitrogens is 3. The number of nitrogens with two attached hydrogens (primary N) is 1. The van der Waals surface area contributed by atoms with Crippen LogP contribution in [0.4, 0.5) is 5.69 Å². The molecular weight excluding hydrogens is 200 g/mol. The molecule has 16 heavy (non-hydrogen) atoms. The number of hydrogen-bond donors (Lipinski definition) is 1. The van der Waals surface area contributed by atoms with Gasteiger partial charge in [0.1, 0.15) is 12.2 Å². The van der Waals surface area contributed by atoms with Gasteiger partial charge in [0.2, 0.25) is 0 Å². The summed E-state index contributed by atoms with van der Waals surface area (Å²) >= 11 is 0. The van der Waals surface area contributed by atoms with E-state index in [2.05, 4.69) is 27.8 Å². The van der Waals surface area contributed by atoms with Crippen LogP contribution in [0.1, 0.15) is 24.7 Å². The molecule has 0 amide bonds. The summed E-state index contributed by atoms with van der Waals surface area (Å²) in [6.45, 7) is 3.11. The first kappa shape index (κ1) is 10.7. The Morgan fingerprint density at radius 3 is 3.00 bits per heavy atom. The highest BCUT2D eigenvalue weighted by molar-refractivity contribution is 5.41. The molecule has 1 heterocycles. The van der Waals surface area contributed by atoms with Crippen LogP contribution in [0, 0.1) is 0 Å². The largest absolute Gasteiger partial charge is 0.399 e. The van der Waals surface area contributed by atoms with Crippen molar-refractivity contribution in [2.24, 2.45) is 0 Å². The molecule has 2 aromatic rings. The smallest absolute Gasteiger partial charge is 0.137 e. The number of hydrogen-bond acceptors (Lipinski definition) is 3. The fraction of sp³-hybridized carbons (Fsp3) is 0.333. The Morgan fingerprint density at radius 1 is 1.38 bits per heavy atom. The number of nitrogen functional groups attached to an aromatic ring is 1. The van der Waals surface area contributed by atoms with Crippen molar-refractivity contribution in [1.82, 2.24) is 14.8 Å². The van der Waals surface area contributed by atoms with Gasteiger partial charge in [-0.25, -0.2) is 0 Å². The van der Waals surface area contributed by atoms with Crippen molar-refractivity contribution in [3.05, 3.63) is 42.0 Å². The molecule has 2 N–H and O–H groups in total. The summed E-state index contributed by atoms with van der Waals surface area (Å²) in [6.07, 6.45) is 3.65. The average Bonchev–Trinajstić information content (AvgIpc) is 2.66. The number of aryl methyl sites for hydroxylation is 1. The molecule has 0 bridgehead atoms. The fourth-order valence-corrected chi connectivity index (χ4v) is 1.73. The van der Waals surface area contributed by atoms with Crippen LogP contribution in [0.3, 0.4) is 0 Å². The second-order valence-corrected chi connectivity index (χ2v) is 3.86. The van der Waals surface area contributed by atoms with Crippen molar-refractivity contribution in [3.8, 4) is 0 Å². The van der Waals surface area contributed by atoms with E-state index < -0.39 is 0 Å². The molecule has 0 unspecified atom stereocenters. The molecular formula is C12H16N4. The third-order valence-electron chi connectivity index (χ3n) is 2.47. The molecule has 0 saturated heterocycles. The van der Waals surface area contributed by atoms with Crippen LogP contribution in [0.15, 0.2) is 30.6 Å². The summed E-state index contributed by atoms with van der Waals surface area (Å²) < 4.78 is 2.09. The Morgan fingerprint density at radius 2 is 2.25 bits per heavy atom. The second kappa shape index (κ2) is 4.79. The molecule has 4 heteroatoms. The first-order chi connectivity index (χ1) is 7.79. The Kier molecular flexibility index (Phi) is 3.19. The minimum absolute atomic E-state index is 0.783. The van der Waals surface area contributed by atoms with Gasteiger partial charge in [0, 0.05) is 18.7 Å². The predicted octanol–water partition coefficient (Wildman–Crippen LogP) is 1.86. The van der Waals surface area contributed by atoms with Gasteiger partial charge in [-0.1, -0.05) is 19.1 Å². The molecule has 0 fully saturated rings.